The summed E-state index contributed by atoms with van der Waals surface area (Å²) >= 11 is 1.45. The molecule has 2 heterocycles. The quantitative estimate of drug-likeness (QED) is 0.895. The first kappa shape index (κ1) is 17.2. The molecule has 0 radical (unpaired) electrons. The Bertz CT molecular complexity index is 805. The van der Waals surface area contributed by atoms with E-state index in [9.17, 15) is 9.59 Å². The Morgan fingerprint density at radius 1 is 1.12 bits per heavy atom. The van der Waals surface area contributed by atoms with Gasteiger partial charge in [0, 0.05) is 48.7 Å². The van der Waals surface area contributed by atoms with Crippen molar-refractivity contribution in [2.75, 3.05) is 33.2 Å². The third kappa shape index (κ3) is 3.78. The normalized spacial score (nSPS) is 18.0. The zero-order valence-corrected chi connectivity index (χ0v) is 15.6. The smallest absolute Gasteiger partial charge is 0.270 e. The number of benzene rings is 1. The molecule has 1 saturated heterocycles. The largest absolute Gasteiger partial charge is 0.348 e. The fourth-order valence-electron chi connectivity index (χ4n) is 2.95. The van der Waals surface area contributed by atoms with Crippen LogP contribution in [0.3, 0.4) is 0 Å². The number of likely N-dealkylation sites (N-methyl/N-ethyl adjacent to an activating group) is 1. The maximum absolute atomic E-state index is 12.6. The van der Waals surface area contributed by atoms with Crippen molar-refractivity contribution in [1.82, 2.24) is 20.1 Å². The molecule has 1 aliphatic heterocycles. The molecule has 1 aromatic heterocycles. The molecule has 0 bridgehead atoms. The van der Waals surface area contributed by atoms with E-state index in [0.29, 0.717) is 17.3 Å². The molecule has 0 spiro atoms. The van der Waals surface area contributed by atoms with Gasteiger partial charge in [0.25, 0.3) is 11.8 Å². The number of rotatable bonds is 4. The van der Waals surface area contributed by atoms with Crippen LogP contribution < -0.4 is 5.32 Å². The van der Waals surface area contributed by atoms with Crippen molar-refractivity contribution < 1.29 is 9.59 Å². The number of hydrogen-bond acceptors (Lipinski definition) is 5. The van der Waals surface area contributed by atoms with Crippen molar-refractivity contribution in [3.8, 4) is 10.6 Å². The van der Waals surface area contributed by atoms with Gasteiger partial charge in [0.1, 0.15) is 10.7 Å². The van der Waals surface area contributed by atoms with E-state index in [4.69, 9.17) is 0 Å². The summed E-state index contributed by atoms with van der Waals surface area (Å²) in [7, 11) is 2.07. The van der Waals surface area contributed by atoms with E-state index in [-0.39, 0.29) is 11.8 Å². The Morgan fingerprint density at radius 3 is 2.46 bits per heavy atom. The molecule has 136 valence electrons. The standard InChI is InChI=1S/C19H22N4O2S/c1-22-8-10-23(11-9-22)19(25)14-4-2-13(3-5-14)18-21-16(12-26-18)17(24)20-15-6-7-15/h2-5,12,15H,6-11H2,1H3,(H,20,24). The minimum Gasteiger partial charge on any atom is -0.348 e. The number of aromatic nitrogens is 1. The van der Waals surface area contributed by atoms with Crippen molar-refractivity contribution in [3.05, 3.63) is 40.9 Å². The van der Waals surface area contributed by atoms with Gasteiger partial charge < -0.3 is 15.1 Å². The lowest BCUT2D eigenvalue weighted by atomic mass is 10.1. The van der Waals surface area contributed by atoms with Crippen LogP contribution in [0.1, 0.15) is 33.7 Å². The molecule has 1 aromatic carbocycles. The molecule has 1 aliphatic carbocycles. The number of thiazole rings is 1. The molecule has 1 saturated carbocycles. The van der Waals surface area contributed by atoms with Gasteiger partial charge in [-0.05, 0) is 32.0 Å². The van der Waals surface area contributed by atoms with Crippen molar-refractivity contribution in [3.63, 3.8) is 0 Å². The highest BCUT2D eigenvalue weighted by atomic mass is 32.1. The van der Waals surface area contributed by atoms with Crippen molar-refractivity contribution >= 4 is 23.2 Å². The van der Waals surface area contributed by atoms with E-state index < -0.39 is 0 Å². The summed E-state index contributed by atoms with van der Waals surface area (Å²) in [6, 6.07) is 7.84. The summed E-state index contributed by atoms with van der Waals surface area (Å²) in [5, 5.41) is 5.53. The third-order valence-electron chi connectivity index (χ3n) is 4.82. The molecule has 2 aliphatic rings. The maximum Gasteiger partial charge on any atom is 0.270 e. The van der Waals surface area contributed by atoms with Crippen LogP contribution in [0.25, 0.3) is 10.6 Å². The highest BCUT2D eigenvalue weighted by Gasteiger charge is 2.25. The Labute approximate surface area is 156 Å². The minimum atomic E-state index is -0.100. The summed E-state index contributed by atoms with van der Waals surface area (Å²) in [6.45, 7) is 3.36. The first-order chi connectivity index (χ1) is 12.6. The molecule has 26 heavy (non-hydrogen) atoms. The van der Waals surface area contributed by atoms with Crippen LogP contribution in [-0.2, 0) is 0 Å². The van der Waals surface area contributed by atoms with Crippen LogP contribution in [0.2, 0.25) is 0 Å². The lowest BCUT2D eigenvalue weighted by molar-refractivity contribution is 0.0664. The SMILES string of the molecule is CN1CCN(C(=O)c2ccc(-c3nc(C(=O)NC4CC4)cs3)cc2)CC1. The minimum absolute atomic E-state index is 0.0771. The predicted octanol–water partition coefficient (Wildman–Crippen LogP) is 2.09. The van der Waals surface area contributed by atoms with Gasteiger partial charge >= 0.3 is 0 Å². The first-order valence-corrected chi connectivity index (χ1v) is 9.83. The number of nitrogens with one attached hydrogen (secondary N) is 1. The van der Waals surface area contributed by atoms with E-state index >= 15 is 0 Å². The lowest BCUT2D eigenvalue weighted by Crippen LogP contribution is -2.47. The van der Waals surface area contributed by atoms with E-state index in [2.05, 4.69) is 22.2 Å². The number of carbonyl (C=O) groups is 2. The van der Waals surface area contributed by atoms with E-state index in [0.717, 1.165) is 49.6 Å². The topological polar surface area (TPSA) is 65.5 Å². The van der Waals surface area contributed by atoms with Crippen LogP contribution in [0.15, 0.2) is 29.6 Å². The second-order valence-corrected chi connectivity index (χ2v) is 7.82. The van der Waals surface area contributed by atoms with Crippen LogP contribution in [-0.4, -0.2) is 65.9 Å². The van der Waals surface area contributed by atoms with Gasteiger partial charge in [-0.2, -0.15) is 0 Å². The van der Waals surface area contributed by atoms with Crippen LogP contribution >= 0.6 is 11.3 Å². The zero-order valence-electron chi connectivity index (χ0n) is 14.8. The Hall–Kier alpha value is -2.25. The summed E-state index contributed by atoms with van der Waals surface area (Å²) in [6.07, 6.45) is 2.12. The molecule has 4 rings (SSSR count). The first-order valence-electron chi connectivity index (χ1n) is 8.95. The molecular formula is C19H22N4O2S. The van der Waals surface area contributed by atoms with Gasteiger partial charge in [0.2, 0.25) is 0 Å². The average molecular weight is 370 g/mol. The molecule has 6 nitrogen and oxygen atoms in total. The van der Waals surface area contributed by atoms with Crippen molar-refractivity contribution in [2.24, 2.45) is 0 Å². The predicted molar refractivity (Wildman–Crippen MR) is 101 cm³/mol. The highest BCUT2D eigenvalue weighted by molar-refractivity contribution is 7.13. The number of carbonyl (C=O) groups excluding carboxylic acids is 2. The Kier molecular flexibility index (Phi) is 4.74. The number of piperazine rings is 1. The Balaban J connectivity index is 1.43. The Morgan fingerprint density at radius 2 is 1.81 bits per heavy atom. The van der Waals surface area contributed by atoms with Crippen molar-refractivity contribution in [1.29, 1.82) is 0 Å². The maximum atomic E-state index is 12.6. The monoisotopic (exact) mass is 370 g/mol. The van der Waals surface area contributed by atoms with Gasteiger partial charge in [-0.15, -0.1) is 11.3 Å². The molecule has 2 amide bonds. The second kappa shape index (κ2) is 7.17. The molecule has 0 unspecified atom stereocenters. The average Bonchev–Trinajstić information content (AvgIpc) is 3.33. The second-order valence-electron chi connectivity index (χ2n) is 6.96. The van der Waals surface area contributed by atoms with E-state index in [1.807, 2.05) is 29.2 Å². The van der Waals surface area contributed by atoms with Crippen LogP contribution in [0.4, 0.5) is 0 Å². The summed E-state index contributed by atoms with van der Waals surface area (Å²) in [4.78, 5) is 33.2. The van der Waals surface area contributed by atoms with Gasteiger partial charge in [-0.25, -0.2) is 4.98 Å². The van der Waals surface area contributed by atoms with Crippen LogP contribution in [0, 0.1) is 0 Å². The van der Waals surface area contributed by atoms with E-state index in [1.54, 1.807) is 5.38 Å². The summed E-state index contributed by atoms with van der Waals surface area (Å²) < 4.78 is 0. The third-order valence-corrected chi connectivity index (χ3v) is 5.71. The number of nitrogens with zero attached hydrogens (tertiary/aromatic N) is 3. The number of amides is 2. The molecular weight excluding hydrogens is 348 g/mol. The molecule has 2 aromatic rings. The van der Waals surface area contributed by atoms with Gasteiger partial charge in [-0.1, -0.05) is 12.1 Å². The fraction of sp³-hybridized carbons (Fsp3) is 0.421. The van der Waals surface area contributed by atoms with Gasteiger partial charge in [0.15, 0.2) is 0 Å². The molecule has 2 fully saturated rings. The summed E-state index contributed by atoms with van der Waals surface area (Å²) in [5.74, 6) is -0.0230. The van der Waals surface area contributed by atoms with Gasteiger partial charge in [-0.3, -0.25) is 9.59 Å². The van der Waals surface area contributed by atoms with Crippen LogP contribution in [0.5, 0.6) is 0 Å². The molecule has 7 heteroatoms. The highest BCUT2D eigenvalue weighted by Crippen LogP contribution is 2.25. The van der Waals surface area contributed by atoms with E-state index in [1.165, 1.54) is 11.3 Å². The molecule has 0 atom stereocenters. The van der Waals surface area contributed by atoms with Gasteiger partial charge in [0.05, 0.1) is 0 Å². The fourth-order valence-corrected chi connectivity index (χ4v) is 3.75. The zero-order chi connectivity index (χ0) is 18.1. The lowest BCUT2D eigenvalue weighted by Gasteiger charge is -2.32. The van der Waals surface area contributed by atoms with Crippen molar-refractivity contribution in [2.45, 2.75) is 18.9 Å². The summed E-state index contributed by atoms with van der Waals surface area (Å²) in [5.41, 5.74) is 2.09. The molecule has 1 N–H and O–H groups in total. The number of hydrogen-bond donors (Lipinski definition) is 1.